The number of carboxylic acid groups (broad SMARTS) is 1. The molecular formula is C15H20N2O4. The summed E-state index contributed by atoms with van der Waals surface area (Å²) in [6.07, 6.45) is 1.69. The first-order chi connectivity index (χ1) is 10.0. The Morgan fingerprint density at radius 2 is 2.10 bits per heavy atom. The van der Waals surface area contributed by atoms with Crippen molar-refractivity contribution >= 4 is 17.7 Å². The number of para-hydroxylation sites is 1. The monoisotopic (exact) mass is 292 g/mol. The van der Waals surface area contributed by atoms with Gasteiger partial charge in [0.25, 0.3) is 0 Å². The van der Waals surface area contributed by atoms with Crippen molar-refractivity contribution in [1.29, 1.82) is 0 Å². The highest BCUT2D eigenvalue weighted by molar-refractivity contribution is 5.96. The van der Waals surface area contributed by atoms with Gasteiger partial charge in [0.2, 0.25) is 0 Å². The van der Waals surface area contributed by atoms with E-state index in [2.05, 4.69) is 5.32 Å². The van der Waals surface area contributed by atoms with Crippen molar-refractivity contribution < 1.29 is 19.4 Å². The number of rotatable bonds is 4. The predicted octanol–water partition coefficient (Wildman–Crippen LogP) is 1.86. The van der Waals surface area contributed by atoms with Crippen LogP contribution in [0.3, 0.4) is 0 Å². The van der Waals surface area contributed by atoms with Gasteiger partial charge in [0, 0.05) is 12.3 Å². The molecule has 6 heteroatoms. The molecule has 1 aromatic carbocycles. The Hall–Kier alpha value is -2.08. The lowest BCUT2D eigenvalue weighted by atomic mass is 9.95. The molecular weight excluding hydrogens is 272 g/mol. The maximum absolute atomic E-state index is 12.4. The van der Waals surface area contributed by atoms with Gasteiger partial charge in [-0.1, -0.05) is 18.2 Å². The van der Waals surface area contributed by atoms with E-state index in [1.165, 1.54) is 4.90 Å². The van der Waals surface area contributed by atoms with Crippen LogP contribution >= 0.6 is 0 Å². The highest BCUT2D eigenvalue weighted by Crippen LogP contribution is 2.20. The molecule has 1 heterocycles. The van der Waals surface area contributed by atoms with Gasteiger partial charge in [0.05, 0.1) is 12.1 Å². The molecule has 0 bridgehead atoms. The van der Waals surface area contributed by atoms with Gasteiger partial charge in [-0.2, -0.15) is 0 Å². The maximum atomic E-state index is 12.4. The fourth-order valence-electron chi connectivity index (χ4n) is 2.38. The van der Waals surface area contributed by atoms with Gasteiger partial charge < -0.3 is 15.2 Å². The van der Waals surface area contributed by atoms with E-state index in [-0.39, 0.29) is 6.54 Å². The molecule has 1 atom stereocenters. The topological polar surface area (TPSA) is 78.9 Å². The smallest absolute Gasteiger partial charge is 0.323 e. The predicted molar refractivity (Wildman–Crippen MR) is 78.4 cm³/mol. The molecule has 1 aliphatic rings. The summed E-state index contributed by atoms with van der Waals surface area (Å²) in [6.45, 7) is 2.66. The molecule has 2 rings (SSSR count). The summed E-state index contributed by atoms with van der Waals surface area (Å²) in [5, 5.41) is 11.9. The third kappa shape index (κ3) is 4.19. The summed E-state index contributed by atoms with van der Waals surface area (Å²) < 4.78 is 5.40. The number of ether oxygens (including phenoxy) is 1. The second-order valence-corrected chi connectivity index (χ2v) is 5.46. The van der Waals surface area contributed by atoms with E-state index in [1.54, 1.807) is 24.3 Å². The van der Waals surface area contributed by atoms with Gasteiger partial charge in [0.15, 0.2) is 0 Å². The van der Waals surface area contributed by atoms with Crippen molar-refractivity contribution in [3.63, 3.8) is 0 Å². The summed E-state index contributed by atoms with van der Waals surface area (Å²) in [7, 11) is 0. The molecule has 1 aromatic rings. The van der Waals surface area contributed by atoms with Crippen molar-refractivity contribution in [2.45, 2.75) is 25.3 Å². The Morgan fingerprint density at radius 1 is 1.38 bits per heavy atom. The first-order valence-corrected chi connectivity index (χ1v) is 6.94. The van der Waals surface area contributed by atoms with Gasteiger partial charge in [-0.3, -0.25) is 9.69 Å². The van der Waals surface area contributed by atoms with Gasteiger partial charge in [-0.05, 0) is 31.9 Å². The number of aliphatic carboxylic acids is 1. The van der Waals surface area contributed by atoms with Crippen molar-refractivity contribution in [1.82, 2.24) is 5.32 Å². The van der Waals surface area contributed by atoms with E-state index in [9.17, 15) is 9.59 Å². The quantitative estimate of drug-likeness (QED) is 0.887. The molecule has 21 heavy (non-hydrogen) atoms. The van der Waals surface area contributed by atoms with Gasteiger partial charge in [-0.25, -0.2) is 4.79 Å². The van der Waals surface area contributed by atoms with E-state index in [0.29, 0.717) is 18.9 Å². The zero-order valence-corrected chi connectivity index (χ0v) is 12.0. The number of nitrogens with one attached hydrogen (secondary N) is 1. The number of carboxylic acids is 1. The zero-order valence-electron chi connectivity index (χ0n) is 12.0. The average Bonchev–Trinajstić information content (AvgIpc) is 2.45. The number of anilines is 1. The lowest BCUT2D eigenvalue weighted by molar-refractivity contribution is -0.135. The summed E-state index contributed by atoms with van der Waals surface area (Å²) >= 11 is 0. The van der Waals surface area contributed by atoms with Crippen molar-refractivity contribution in [3.05, 3.63) is 30.3 Å². The van der Waals surface area contributed by atoms with Crippen molar-refractivity contribution in [2.75, 3.05) is 24.7 Å². The lowest BCUT2D eigenvalue weighted by Gasteiger charge is -2.36. The SMILES string of the molecule is CC1(NC(=O)N(CC(=O)O)c2ccccc2)CCCOC1. The van der Waals surface area contributed by atoms with Crippen LogP contribution in [0.2, 0.25) is 0 Å². The van der Waals surface area contributed by atoms with Crippen LogP contribution in [0.5, 0.6) is 0 Å². The van der Waals surface area contributed by atoms with Crippen LogP contribution in [-0.2, 0) is 9.53 Å². The van der Waals surface area contributed by atoms with Gasteiger partial charge in [0.1, 0.15) is 6.54 Å². The fraction of sp³-hybridized carbons (Fsp3) is 0.467. The summed E-state index contributed by atoms with van der Waals surface area (Å²) in [5.41, 5.74) is 0.0960. The molecule has 2 amide bonds. The Balaban J connectivity index is 2.12. The van der Waals surface area contributed by atoms with Crippen LogP contribution < -0.4 is 10.2 Å². The number of hydrogen-bond donors (Lipinski definition) is 2. The zero-order chi connectivity index (χ0) is 15.3. The Bertz CT molecular complexity index is 498. The molecule has 0 spiro atoms. The fourth-order valence-corrected chi connectivity index (χ4v) is 2.38. The standard InChI is InChI=1S/C15H20N2O4/c1-15(8-5-9-21-11-15)16-14(20)17(10-13(18)19)12-6-3-2-4-7-12/h2-4,6-7H,5,8-11H2,1H3,(H,16,20)(H,18,19). The van der Waals surface area contributed by atoms with Gasteiger partial charge in [-0.15, -0.1) is 0 Å². The highest BCUT2D eigenvalue weighted by atomic mass is 16.5. The molecule has 0 aliphatic carbocycles. The van der Waals surface area contributed by atoms with E-state index in [0.717, 1.165) is 12.8 Å². The number of carbonyl (C=O) groups is 2. The minimum atomic E-state index is -1.06. The second kappa shape index (κ2) is 6.58. The molecule has 0 aromatic heterocycles. The molecule has 6 nitrogen and oxygen atoms in total. The number of carbonyl (C=O) groups excluding carboxylic acids is 1. The van der Waals surface area contributed by atoms with Gasteiger partial charge >= 0.3 is 12.0 Å². The third-order valence-corrected chi connectivity index (χ3v) is 3.45. The average molecular weight is 292 g/mol. The van der Waals surface area contributed by atoms with Crippen LogP contribution in [0.25, 0.3) is 0 Å². The van der Waals surface area contributed by atoms with E-state index in [4.69, 9.17) is 9.84 Å². The maximum Gasteiger partial charge on any atom is 0.323 e. The summed E-state index contributed by atoms with van der Waals surface area (Å²) in [6, 6.07) is 8.35. The first kappa shape index (κ1) is 15.3. The van der Waals surface area contributed by atoms with Crippen LogP contribution in [0, 0.1) is 0 Å². The number of nitrogens with zero attached hydrogens (tertiary/aromatic N) is 1. The lowest BCUT2D eigenvalue weighted by Crippen LogP contribution is -2.56. The minimum Gasteiger partial charge on any atom is -0.480 e. The van der Waals surface area contributed by atoms with Crippen LogP contribution in [-0.4, -0.2) is 42.4 Å². The third-order valence-electron chi connectivity index (χ3n) is 3.45. The number of amides is 2. The normalized spacial score (nSPS) is 21.6. The second-order valence-electron chi connectivity index (χ2n) is 5.46. The first-order valence-electron chi connectivity index (χ1n) is 6.94. The molecule has 1 unspecified atom stereocenters. The molecule has 0 radical (unpaired) electrons. The number of hydrogen-bond acceptors (Lipinski definition) is 3. The Labute approximate surface area is 123 Å². The molecule has 1 saturated heterocycles. The van der Waals surface area contributed by atoms with Crippen LogP contribution in [0.4, 0.5) is 10.5 Å². The Kier molecular flexibility index (Phi) is 4.80. The minimum absolute atomic E-state index is 0.382. The van der Waals surface area contributed by atoms with E-state index >= 15 is 0 Å². The van der Waals surface area contributed by atoms with Crippen LogP contribution in [0.15, 0.2) is 30.3 Å². The molecule has 2 N–H and O–H groups in total. The highest BCUT2D eigenvalue weighted by Gasteiger charge is 2.31. The van der Waals surface area contributed by atoms with Crippen molar-refractivity contribution in [2.24, 2.45) is 0 Å². The van der Waals surface area contributed by atoms with Crippen molar-refractivity contribution in [3.8, 4) is 0 Å². The van der Waals surface area contributed by atoms with Crippen LogP contribution in [0.1, 0.15) is 19.8 Å². The van der Waals surface area contributed by atoms with E-state index < -0.39 is 17.5 Å². The Morgan fingerprint density at radius 3 is 2.67 bits per heavy atom. The largest absolute Gasteiger partial charge is 0.480 e. The molecule has 1 aliphatic heterocycles. The summed E-state index contributed by atoms with van der Waals surface area (Å²) in [4.78, 5) is 24.7. The molecule has 114 valence electrons. The summed E-state index contributed by atoms with van der Waals surface area (Å²) in [5.74, 6) is -1.06. The van der Waals surface area contributed by atoms with E-state index in [1.807, 2.05) is 13.0 Å². The molecule has 1 fully saturated rings. The molecule has 0 saturated carbocycles. The number of benzene rings is 1. The number of urea groups is 1.